The van der Waals surface area contributed by atoms with Crippen molar-refractivity contribution in [3.8, 4) is 0 Å². The minimum absolute atomic E-state index is 0.242. The summed E-state index contributed by atoms with van der Waals surface area (Å²) in [4.78, 5) is 10.6. The summed E-state index contributed by atoms with van der Waals surface area (Å²) in [6, 6.07) is 6.69. The quantitative estimate of drug-likeness (QED) is 0.721. The Morgan fingerprint density at radius 3 is 2.65 bits per heavy atom. The van der Waals surface area contributed by atoms with Crippen molar-refractivity contribution in [2.75, 3.05) is 18.2 Å². The van der Waals surface area contributed by atoms with Gasteiger partial charge in [0.25, 0.3) is 0 Å². The van der Waals surface area contributed by atoms with Gasteiger partial charge in [-0.3, -0.25) is 0 Å². The van der Waals surface area contributed by atoms with Crippen molar-refractivity contribution in [2.24, 2.45) is 0 Å². The molecule has 2 aromatic heterocycles. The van der Waals surface area contributed by atoms with E-state index in [1.807, 2.05) is 24.9 Å². The van der Waals surface area contributed by atoms with Gasteiger partial charge >= 0.3 is 0 Å². The first-order valence-electron chi connectivity index (χ1n) is 6.93. The number of hydrogen-bond acceptors (Lipinski definition) is 7. The summed E-state index contributed by atoms with van der Waals surface area (Å²) in [5, 5.41) is 4.64. The molecule has 0 saturated carbocycles. The van der Waals surface area contributed by atoms with Crippen molar-refractivity contribution in [2.45, 2.75) is 18.4 Å². The zero-order valence-corrected chi connectivity index (χ0v) is 13.8. The summed E-state index contributed by atoms with van der Waals surface area (Å²) >= 11 is 0. The molecule has 1 aromatic carbocycles. The summed E-state index contributed by atoms with van der Waals surface area (Å²) in [5.41, 5.74) is 1.46. The lowest BCUT2D eigenvalue weighted by atomic mass is 10.2. The molecule has 0 aliphatic carbocycles. The van der Waals surface area contributed by atoms with Crippen molar-refractivity contribution in [1.82, 2.24) is 15.1 Å². The molecule has 2 heterocycles. The van der Waals surface area contributed by atoms with Crippen LogP contribution in [0.5, 0.6) is 0 Å². The van der Waals surface area contributed by atoms with E-state index in [2.05, 4.69) is 15.1 Å². The lowest BCUT2D eigenvalue weighted by Gasteiger charge is -2.18. The fourth-order valence-electron chi connectivity index (χ4n) is 2.37. The highest BCUT2D eigenvalue weighted by molar-refractivity contribution is 7.90. The second-order valence-corrected chi connectivity index (χ2v) is 7.45. The van der Waals surface area contributed by atoms with Gasteiger partial charge in [-0.15, -0.1) is 0 Å². The number of benzene rings is 1. The number of fused-ring (bicyclic) bond motifs is 1. The van der Waals surface area contributed by atoms with Gasteiger partial charge in [-0.25, -0.2) is 18.4 Å². The van der Waals surface area contributed by atoms with Crippen molar-refractivity contribution in [3.05, 3.63) is 42.0 Å². The summed E-state index contributed by atoms with van der Waals surface area (Å²) in [6.07, 6.45) is 2.64. The molecule has 0 radical (unpaired) electrons. The summed E-state index contributed by atoms with van der Waals surface area (Å²) in [6.45, 7) is 2.32. The minimum atomic E-state index is -3.29. The first-order valence-corrected chi connectivity index (χ1v) is 8.82. The topological polar surface area (TPSA) is 89.2 Å². The van der Waals surface area contributed by atoms with E-state index in [1.165, 1.54) is 12.6 Å². The van der Waals surface area contributed by atoms with Gasteiger partial charge in [0.2, 0.25) is 0 Å². The first kappa shape index (κ1) is 15.4. The Morgan fingerprint density at radius 1 is 1.22 bits per heavy atom. The van der Waals surface area contributed by atoms with Crippen LogP contribution in [-0.4, -0.2) is 36.8 Å². The highest BCUT2D eigenvalue weighted by atomic mass is 32.2. The fraction of sp³-hybridized carbons (Fsp3) is 0.267. The van der Waals surface area contributed by atoms with Gasteiger partial charge in [0.1, 0.15) is 23.6 Å². The highest BCUT2D eigenvalue weighted by Crippen LogP contribution is 2.26. The lowest BCUT2D eigenvalue weighted by Crippen LogP contribution is -2.18. The maximum atomic E-state index is 11.8. The molecule has 0 aliphatic rings. The third-order valence-corrected chi connectivity index (χ3v) is 4.56. The predicted octanol–water partition coefficient (Wildman–Crippen LogP) is 1.97. The van der Waals surface area contributed by atoms with E-state index in [1.54, 1.807) is 18.2 Å². The van der Waals surface area contributed by atoms with Gasteiger partial charge in [-0.2, -0.15) is 0 Å². The smallest absolute Gasteiger partial charge is 0.175 e. The van der Waals surface area contributed by atoms with Crippen LogP contribution < -0.4 is 4.90 Å². The van der Waals surface area contributed by atoms with Crippen molar-refractivity contribution < 1.29 is 12.9 Å². The van der Waals surface area contributed by atoms with E-state index >= 15 is 0 Å². The van der Waals surface area contributed by atoms with E-state index in [9.17, 15) is 8.42 Å². The van der Waals surface area contributed by atoms with E-state index < -0.39 is 9.84 Å². The van der Waals surface area contributed by atoms with Gasteiger partial charge in [0.05, 0.1) is 17.0 Å². The molecule has 23 heavy (non-hydrogen) atoms. The molecule has 0 atom stereocenters. The van der Waals surface area contributed by atoms with Crippen LogP contribution in [0.3, 0.4) is 0 Å². The fourth-order valence-corrected chi connectivity index (χ4v) is 3.01. The third-order valence-electron chi connectivity index (χ3n) is 3.45. The molecule has 3 rings (SSSR count). The number of nitrogens with zero attached hydrogens (tertiary/aromatic N) is 4. The molecular formula is C15H16N4O3S. The van der Waals surface area contributed by atoms with Crippen LogP contribution in [0.2, 0.25) is 0 Å². The number of rotatable bonds is 4. The van der Waals surface area contributed by atoms with Crippen LogP contribution in [0.4, 0.5) is 5.82 Å². The Balaban J connectivity index is 2.05. The van der Waals surface area contributed by atoms with E-state index in [4.69, 9.17) is 4.52 Å². The molecule has 120 valence electrons. The van der Waals surface area contributed by atoms with E-state index in [0.717, 1.165) is 11.5 Å². The number of hydrogen-bond donors (Lipinski definition) is 0. The van der Waals surface area contributed by atoms with Crippen LogP contribution in [0.1, 0.15) is 11.5 Å². The predicted molar refractivity (Wildman–Crippen MR) is 86.0 cm³/mol. The van der Waals surface area contributed by atoms with Gasteiger partial charge in [-0.1, -0.05) is 5.16 Å². The summed E-state index contributed by atoms with van der Waals surface area (Å²) in [5.74, 6) is 1.38. The van der Waals surface area contributed by atoms with Crippen molar-refractivity contribution in [1.29, 1.82) is 0 Å². The van der Waals surface area contributed by atoms with Crippen LogP contribution >= 0.6 is 0 Å². The van der Waals surface area contributed by atoms with Gasteiger partial charge in [0.15, 0.2) is 9.84 Å². The average Bonchev–Trinajstić information content (AvgIpc) is 2.90. The van der Waals surface area contributed by atoms with Crippen LogP contribution in [0.25, 0.3) is 10.9 Å². The summed E-state index contributed by atoms with van der Waals surface area (Å²) < 4.78 is 28.6. The molecule has 0 saturated heterocycles. The number of anilines is 1. The maximum absolute atomic E-state index is 11.8. The Bertz CT molecular complexity index is 966. The highest BCUT2D eigenvalue weighted by Gasteiger charge is 2.14. The zero-order chi connectivity index (χ0) is 16.6. The monoisotopic (exact) mass is 332 g/mol. The van der Waals surface area contributed by atoms with Crippen molar-refractivity contribution in [3.63, 3.8) is 0 Å². The lowest BCUT2D eigenvalue weighted by molar-refractivity contribution is 0.390. The number of aryl methyl sites for hydroxylation is 1. The minimum Gasteiger partial charge on any atom is -0.361 e. The van der Waals surface area contributed by atoms with E-state index in [-0.39, 0.29) is 4.90 Å². The second kappa shape index (κ2) is 5.62. The average molecular weight is 332 g/mol. The van der Waals surface area contributed by atoms with Crippen molar-refractivity contribution >= 4 is 26.6 Å². The second-order valence-electron chi connectivity index (χ2n) is 5.43. The Morgan fingerprint density at radius 2 is 2.00 bits per heavy atom. The van der Waals surface area contributed by atoms with Crippen LogP contribution in [0, 0.1) is 6.92 Å². The molecule has 0 bridgehead atoms. The molecule has 0 fully saturated rings. The molecule has 0 amide bonds. The standard InChI is InChI=1S/C15H16N4O3S/c1-10-6-11(18-22-10)8-19(2)15-13-7-12(23(3,20)21)4-5-14(13)16-9-17-15/h4-7,9H,8H2,1-3H3. The summed E-state index contributed by atoms with van der Waals surface area (Å²) in [7, 11) is -1.43. The molecule has 3 aromatic rings. The molecular weight excluding hydrogens is 316 g/mol. The molecule has 8 heteroatoms. The normalized spacial score (nSPS) is 11.8. The Labute approximate surface area is 133 Å². The SMILES string of the molecule is Cc1cc(CN(C)c2ncnc3ccc(S(C)(=O)=O)cc23)no1. The number of aromatic nitrogens is 3. The maximum Gasteiger partial charge on any atom is 0.175 e. The molecule has 0 aliphatic heterocycles. The molecule has 0 N–H and O–H groups in total. The first-order chi connectivity index (χ1) is 10.8. The number of sulfone groups is 1. The Hall–Kier alpha value is -2.48. The molecule has 0 spiro atoms. The van der Waals surface area contributed by atoms with Crippen LogP contribution in [0.15, 0.2) is 40.0 Å². The van der Waals surface area contributed by atoms with Gasteiger partial charge in [0, 0.05) is 24.8 Å². The van der Waals surface area contributed by atoms with Crippen LogP contribution in [-0.2, 0) is 16.4 Å². The van der Waals surface area contributed by atoms with E-state index in [0.29, 0.717) is 23.3 Å². The Kier molecular flexibility index (Phi) is 3.77. The largest absolute Gasteiger partial charge is 0.361 e. The molecule has 7 nitrogen and oxygen atoms in total. The zero-order valence-electron chi connectivity index (χ0n) is 13.0. The van der Waals surface area contributed by atoms with Gasteiger partial charge < -0.3 is 9.42 Å². The third kappa shape index (κ3) is 3.16. The molecule has 0 unspecified atom stereocenters. The van der Waals surface area contributed by atoms with Gasteiger partial charge in [-0.05, 0) is 25.1 Å².